The van der Waals surface area contributed by atoms with Crippen molar-refractivity contribution in [3.8, 4) is 27.3 Å². The first-order valence-electron chi connectivity index (χ1n) is 26.1. The molecule has 78 heavy (non-hydrogen) atoms. The summed E-state index contributed by atoms with van der Waals surface area (Å²) in [6.45, 7) is 12.9. The lowest BCUT2D eigenvalue weighted by atomic mass is 9.85. The van der Waals surface area contributed by atoms with Gasteiger partial charge in [0.05, 0.1) is 98.7 Å². The van der Waals surface area contributed by atoms with Crippen LogP contribution in [0.3, 0.4) is 0 Å². The number of thiazole rings is 1. The molecule has 0 radical (unpaired) electrons. The number of benzene rings is 2. The fourth-order valence-electron chi connectivity index (χ4n) is 9.20. The summed E-state index contributed by atoms with van der Waals surface area (Å²) >= 11 is 14.1. The number of pyridine rings is 1. The maximum atomic E-state index is 14.2. The van der Waals surface area contributed by atoms with Crippen molar-refractivity contribution in [3.63, 3.8) is 0 Å². The number of nitrogens with one attached hydrogen (secondary N) is 2. The van der Waals surface area contributed by atoms with Crippen LogP contribution in [0.2, 0.25) is 10.0 Å². The number of nitrogen functional groups attached to an aromatic ring is 1. The summed E-state index contributed by atoms with van der Waals surface area (Å²) < 4.78 is 44.6. The van der Waals surface area contributed by atoms with Crippen LogP contribution in [0.25, 0.3) is 21.6 Å². The van der Waals surface area contributed by atoms with E-state index >= 15 is 0 Å². The standard InChI is InChI=1S/C55H70Cl2FN9O10S/c1-34-50(78-33-62-34)37-8-6-36(7-9-37)28-61-53(71)44-27-41(68)32-66(44)54(72)51(55(3,4)5)64-46(69)14-18-73-20-22-75-24-25-76-23-21-74-19-15-47(70)65-16-12-40(13-17-65)67-31-39(30-63-67)38-26-45(52(59)60-29-38)77-35(2)48-42(56)10-11-43(58)49(48)57/h6-11,26,29-31,33,35,40-41,44,51,68H,12-25,27-28,32H2,1-5H3,(H2,59,60)(H,61,71)(H,64,69)/t35-,41-,44+,51-/m1/s1. The molecule has 5 heterocycles. The summed E-state index contributed by atoms with van der Waals surface area (Å²) in [6, 6.07) is 10.5. The Bertz CT molecular complexity index is 2810. The van der Waals surface area contributed by atoms with Crippen molar-refractivity contribution in [2.45, 2.75) is 104 Å². The van der Waals surface area contributed by atoms with Crippen molar-refractivity contribution in [1.29, 1.82) is 0 Å². The number of amides is 4. The van der Waals surface area contributed by atoms with E-state index in [0.29, 0.717) is 50.8 Å². The number of aliphatic hydroxyl groups is 1. The number of β-amino-alcohol motifs (C(OH)–C–C–N with tert-alkyl or cyclic N) is 1. The van der Waals surface area contributed by atoms with Crippen LogP contribution >= 0.6 is 34.5 Å². The fourth-order valence-corrected chi connectivity index (χ4v) is 10.7. The number of anilines is 1. The number of likely N-dealkylation sites (tertiary alicyclic amines) is 2. The number of rotatable bonds is 26. The third kappa shape index (κ3) is 16.4. The second-order valence-electron chi connectivity index (χ2n) is 20.3. The first kappa shape index (κ1) is 59.9. The van der Waals surface area contributed by atoms with Gasteiger partial charge in [0.2, 0.25) is 23.6 Å². The predicted octanol–water partition coefficient (Wildman–Crippen LogP) is 7.36. The van der Waals surface area contributed by atoms with E-state index in [-0.39, 0.29) is 98.4 Å². The van der Waals surface area contributed by atoms with E-state index in [1.807, 2.05) is 73.2 Å². The molecule has 19 nitrogen and oxygen atoms in total. The van der Waals surface area contributed by atoms with Crippen molar-refractivity contribution in [2.75, 3.05) is 78.2 Å². The van der Waals surface area contributed by atoms with Gasteiger partial charge < -0.3 is 55.0 Å². The van der Waals surface area contributed by atoms with Gasteiger partial charge in [0.1, 0.15) is 24.0 Å². The number of carbonyl (C=O) groups is 4. The molecule has 0 unspecified atom stereocenters. The van der Waals surface area contributed by atoms with Crippen molar-refractivity contribution < 1.29 is 52.4 Å². The number of aryl methyl sites for hydroxylation is 1. The molecule has 5 aromatic rings. The zero-order valence-electron chi connectivity index (χ0n) is 44.7. The van der Waals surface area contributed by atoms with E-state index in [0.717, 1.165) is 45.7 Å². The Kier molecular flexibility index (Phi) is 21.8. The van der Waals surface area contributed by atoms with Crippen LogP contribution in [0, 0.1) is 18.2 Å². The number of piperidine rings is 1. The van der Waals surface area contributed by atoms with Gasteiger partial charge in [0.15, 0.2) is 11.6 Å². The van der Waals surface area contributed by atoms with Gasteiger partial charge in [0.25, 0.3) is 0 Å². The summed E-state index contributed by atoms with van der Waals surface area (Å²) in [5, 5.41) is 21.1. The van der Waals surface area contributed by atoms with E-state index in [1.54, 1.807) is 36.7 Å². The molecule has 422 valence electrons. The summed E-state index contributed by atoms with van der Waals surface area (Å²) in [7, 11) is 0. The highest BCUT2D eigenvalue weighted by molar-refractivity contribution is 7.13. The summed E-state index contributed by atoms with van der Waals surface area (Å²) in [4.78, 5) is 66.3. The molecule has 4 atom stereocenters. The number of carbonyl (C=O) groups excluding carboxylic acids is 4. The Morgan fingerprint density at radius 2 is 1.54 bits per heavy atom. The zero-order valence-corrected chi connectivity index (χ0v) is 47.0. The van der Waals surface area contributed by atoms with Gasteiger partial charge in [-0.3, -0.25) is 23.9 Å². The highest BCUT2D eigenvalue weighted by atomic mass is 35.5. The number of aromatic nitrogens is 4. The molecule has 2 aliphatic rings. The molecule has 2 aliphatic heterocycles. The van der Waals surface area contributed by atoms with Crippen LogP contribution < -0.4 is 21.1 Å². The first-order chi connectivity index (χ1) is 37.4. The molecule has 0 spiro atoms. The molecule has 23 heteroatoms. The normalized spacial score (nSPS) is 16.8. The number of hydrogen-bond acceptors (Lipinski definition) is 15. The molecule has 2 fully saturated rings. The third-order valence-electron chi connectivity index (χ3n) is 13.6. The summed E-state index contributed by atoms with van der Waals surface area (Å²) in [5.41, 5.74) is 12.0. The molecular weight excluding hydrogens is 1070 g/mol. The van der Waals surface area contributed by atoms with E-state index in [1.165, 1.54) is 17.0 Å². The average Bonchev–Trinajstić information content (AvgIpc) is 4.24. The van der Waals surface area contributed by atoms with Crippen LogP contribution in [0.15, 0.2) is 66.6 Å². The van der Waals surface area contributed by atoms with Crippen LogP contribution in [-0.2, 0) is 44.7 Å². The Morgan fingerprint density at radius 3 is 2.18 bits per heavy atom. The van der Waals surface area contributed by atoms with Gasteiger partial charge in [-0.05, 0) is 61.4 Å². The maximum Gasteiger partial charge on any atom is 0.246 e. The number of halogens is 3. The Labute approximate surface area is 468 Å². The molecule has 0 bridgehead atoms. The van der Waals surface area contributed by atoms with Gasteiger partial charge in [-0.1, -0.05) is 68.2 Å². The summed E-state index contributed by atoms with van der Waals surface area (Å²) in [5.74, 6) is -1.32. The van der Waals surface area contributed by atoms with Crippen molar-refractivity contribution >= 4 is 64.0 Å². The lowest BCUT2D eigenvalue weighted by Gasteiger charge is -2.35. The highest BCUT2D eigenvalue weighted by Gasteiger charge is 2.44. The Hall–Kier alpha value is -5.78. The third-order valence-corrected chi connectivity index (χ3v) is 15.3. The quantitative estimate of drug-likeness (QED) is 0.0313. The van der Waals surface area contributed by atoms with E-state index in [2.05, 4.69) is 25.7 Å². The minimum absolute atomic E-state index is 0.00926. The van der Waals surface area contributed by atoms with Gasteiger partial charge in [0, 0.05) is 73.1 Å². The number of hydrogen-bond donors (Lipinski definition) is 4. The predicted molar refractivity (Wildman–Crippen MR) is 294 cm³/mol. The van der Waals surface area contributed by atoms with Crippen molar-refractivity contribution in [1.82, 2.24) is 40.2 Å². The SMILES string of the molecule is Cc1ncsc1-c1ccc(CNC(=O)[C@@H]2C[C@@H](O)CN2C(=O)[C@@H](NC(=O)CCOCCOCCOCCOCCC(=O)N2CCC(n3cc(-c4cnc(N)c(O[C@H](C)c5c(Cl)ccc(F)c5Cl)c4)cn3)CC2)C(C)(C)C)cc1. The monoisotopic (exact) mass is 1140 g/mol. The largest absolute Gasteiger partial charge is 0.482 e. The van der Waals surface area contributed by atoms with E-state index in [4.69, 9.17) is 52.6 Å². The van der Waals surface area contributed by atoms with Gasteiger partial charge in [-0.25, -0.2) is 14.4 Å². The van der Waals surface area contributed by atoms with Crippen LogP contribution in [0.4, 0.5) is 10.2 Å². The maximum absolute atomic E-state index is 14.2. The first-order valence-corrected chi connectivity index (χ1v) is 27.7. The zero-order chi connectivity index (χ0) is 55.9. The van der Waals surface area contributed by atoms with Crippen molar-refractivity contribution in [3.05, 3.63) is 99.2 Å². The summed E-state index contributed by atoms with van der Waals surface area (Å²) in [6.07, 6.45) is 5.55. The molecule has 7 rings (SSSR count). The number of nitrogens with zero attached hydrogens (tertiary/aromatic N) is 6. The number of aliphatic hydroxyl groups excluding tert-OH is 1. The van der Waals surface area contributed by atoms with Gasteiger partial charge >= 0.3 is 0 Å². The molecule has 0 saturated carbocycles. The lowest BCUT2D eigenvalue weighted by Crippen LogP contribution is -2.57. The minimum Gasteiger partial charge on any atom is -0.482 e. The van der Waals surface area contributed by atoms with Crippen LogP contribution in [0.5, 0.6) is 5.75 Å². The molecule has 5 N–H and O–H groups in total. The molecule has 2 saturated heterocycles. The molecule has 2 aromatic carbocycles. The average molecular weight is 1140 g/mol. The Balaban J connectivity index is 0.706. The van der Waals surface area contributed by atoms with Gasteiger partial charge in [-0.15, -0.1) is 11.3 Å². The molecular formula is C55H70Cl2FN9O10S. The number of ether oxygens (including phenoxy) is 5. The van der Waals surface area contributed by atoms with Crippen LogP contribution in [-0.4, -0.2) is 149 Å². The van der Waals surface area contributed by atoms with Crippen molar-refractivity contribution in [2.24, 2.45) is 5.41 Å². The molecule has 3 aromatic heterocycles. The van der Waals surface area contributed by atoms with E-state index < -0.39 is 41.4 Å². The van der Waals surface area contributed by atoms with Crippen LogP contribution in [0.1, 0.15) is 88.8 Å². The lowest BCUT2D eigenvalue weighted by molar-refractivity contribution is -0.144. The second kappa shape index (κ2) is 28.4. The topological polar surface area (TPSA) is 235 Å². The van der Waals surface area contributed by atoms with E-state index in [9.17, 15) is 28.7 Å². The van der Waals surface area contributed by atoms with Gasteiger partial charge in [-0.2, -0.15) is 5.10 Å². The molecule has 4 amide bonds. The fraction of sp³-hybridized carbons (Fsp3) is 0.509. The number of nitrogens with two attached hydrogens (primary N) is 1. The molecule has 0 aliphatic carbocycles. The minimum atomic E-state index is -0.944. The smallest absolute Gasteiger partial charge is 0.246 e. The Morgan fingerprint density at radius 1 is 0.885 bits per heavy atom. The second-order valence-corrected chi connectivity index (χ2v) is 22.0. The highest BCUT2D eigenvalue weighted by Crippen LogP contribution is 2.38.